The molecule has 2 N–H and O–H groups in total. The van der Waals surface area contributed by atoms with Gasteiger partial charge in [0.25, 0.3) is 0 Å². The SMILES string of the molecule is [C-]#[N+]c1ccc2c(c1)C(N1CCCC1=O)C(OP(=O)(O)OCCOP(=O)(O)OC1C(N3CCCC3=O)c3cc(C#N)ccc3OC1(C)C)C(C)(C)O2. The first-order valence-electron chi connectivity index (χ1n) is 16.8. The molecule has 2 fully saturated rings. The zero-order valence-electron chi connectivity index (χ0n) is 29.1. The lowest BCUT2D eigenvalue weighted by atomic mass is 9.85. The van der Waals surface area contributed by atoms with Gasteiger partial charge in [0.1, 0.15) is 34.9 Å². The van der Waals surface area contributed by atoms with Crippen LogP contribution in [-0.2, 0) is 36.8 Å². The van der Waals surface area contributed by atoms with Crippen molar-refractivity contribution in [1.82, 2.24) is 9.80 Å². The van der Waals surface area contributed by atoms with E-state index in [-0.39, 0.29) is 30.3 Å². The second kappa shape index (κ2) is 14.2. The summed E-state index contributed by atoms with van der Waals surface area (Å²) >= 11 is 0. The van der Waals surface area contributed by atoms with Gasteiger partial charge in [0, 0.05) is 37.1 Å². The van der Waals surface area contributed by atoms with E-state index in [1.165, 1.54) is 4.90 Å². The van der Waals surface area contributed by atoms with Crippen molar-refractivity contribution in [3.05, 3.63) is 64.5 Å². The van der Waals surface area contributed by atoms with E-state index in [4.69, 9.17) is 34.1 Å². The van der Waals surface area contributed by atoms with Crippen molar-refractivity contribution < 1.29 is 56.1 Å². The van der Waals surface area contributed by atoms with Gasteiger partial charge in [-0.15, -0.1) is 0 Å². The van der Waals surface area contributed by atoms with Gasteiger partial charge in [0.2, 0.25) is 11.8 Å². The number of hydrogen-bond donors (Lipinski definition) is 2. The quantitative estimate of drug-likeness (QED) is 0.166. The number of benzene rings is 2. The van der Waals surface area contributed by atoms with E-state index in [9.17, 15) is 33.8 Å². The average molecular weight is 759 g/mol. The van der Waals surface area contributed by atoms with Crippen molar-refractivity contribution in [1.29, 1.82) is 5.26 Å². The number of carbonyl (C=O) groups is 2. The number of phosphoric ester groups is 2. The normalized spacial score (nSPS) is 26.9. The minimum atomic E-state index is -4.95. The maximum Gasteiger partial charge on any atom is 0.472 e. The van der Waals surface area contributed by atoms with Crippen LogP contribution >= 0.6 is 15.6 Å². The summed E-state index contributed by atoms with van der Waals surface area (Å²) in [6, 6.07) is 9.77. The van der Waals surface area contributed by atoms with Gasteiger partial charge < -0.3 is 29.1 Å². The molecule has 6 atom stereocenters. The Morgan fingerprint density at radius 1 is 0.846 bits per heavy atom. The molecule has 0 bridgehead atoms. The molecule has 4 aliphatic heterocycles. The lowest BCUT2D eigenvalue weighted by molar-refractivity contribution is -0.140. The van der Waals surface area contributed by atoms with Gasteiger partial charge in [-0.25, -0.2) is 14.0 Å². The molecule has 0 saturated carbocycles. The van der Waals surface area contributed by atoms with Gasteiger partial charge >= 0.3 is 15.6 Å². The molecule has 6 unspecified atom stereocenters. The monoisotopic (exact) mass is 758 g/mol. The van der Waals surface area contributed by atoms with Crippen LogP contribution < -0.4 is 9.47 Å². The molecule has 0 radical (unpaired) electrons. The summed E-state index contributed by atoms with van der Waals surface area (Å²) in [6.45, 7) is 13.3. The Labute approximate surface area is 301 Å². The molecule has 2 saturated heterocycles. The topological polar surface area (TPSA) is 199 Å². The molecule has 2 aromatic rings. The summed E-state index contributed by atoms with van der Waals surface area (Å²) in [4.78, 5) is 54.1. The second-order valence-corrected chi connectivity index (χ2v) is 16.8. The second-order valence-electron chi connectivity index (χ2n) is 14.0. The Kier molecular flexibility index (Phi) is 10.4. The van der Waals surface area contributed by atoms with Gasteiger partial charge in [-0.2, -0.15) is 5.26 Å². The van der Waals surface area contributed by atoms with Gasteiger partial charge in [-0.1, -0.05) is 6.07 Å². The summed E-state index contributed by atoms with van der Waals surface area (Å²) in [5, 5.41) is 9.53. The minimum absolute atomic E-state index is 0.187. The summed E-state index contributed by atoms with van der Waals surface area (Å²) in [5.74, 6) is 0.420. The van der Waals surface area contributed by atoms with Crippen LogP contribution in [0.15, 0.2) is 36.4 Å². The number of ether oxygens (including phenoxy) is 2. The van der Waals surface area contributed by atoms with Crippen molar-refractivity contribution in [3.63, 3.8) is 0 Å². The first-order chi connectivity index (χ1) is 24.4. The molecule has 4 heterocycles. The van der Waals surface area contributed by atoms with Gasteiger partial charge in [0.15, 0.2) is 5.69 Å². The largest absolute Gasteiger partial charge is 0.485 e. The van der Waals surface area contributed by atoms with Crippen molar-refractivity contribution in [2.75, 3.05) is 26.3 Å². The number of amides is 2. The smallest absolute Gasteiger partial charge is 0.472 e. The Morgan fingerprint density at radius 3 is 1.73 bits per heavy atom. The number of carbonyl (C=O) groups excluding carboxylic acids is 2. The molecule has 0 aromatic heterocycles. The Morgan fingerprint density at radius 2 is 1.31 bits per heavy atom. The predicted octanol–water partition coefficient (Wildman–Crippen LogP) is 5.48. The summed E-state index contributed by atoms with van der Waals surface area (Å²) in [7, 11) is -9.89. The van der Waals surface area contributed by atoms with Crippen LogP contribution in [0.2, 0.25) is 0 Å². The maximum absolute atomic E-state index is 13.4. The Bertz CT molecular complexity index is 1800. The first kappa shape index (κ1) is 37.9. The van der Waals surface area contributed by atoms with E-state index >= 15 is 0 Å². The lowest BCUT2D eigenvalue weighted by Crippen LogP contribution is -2.54. The van der Waals surface area contributed by atoms with Crippen LogP contribution in [0.25, 0.3) is 4.85 Å². The van der Waals surface area contributed by atoms with Crippen LogP contribution in [0, 0.1) is 17.9 Å². The highest BCUT2D eigenvalue weighted by Gasteiger charge is 2.53. The van der Waals surface area contributed by atoms with Crippen LogP contribution in [0.3, 0.4) is 0 Å². The summed E-state index contributed by atoms with van der Waals surface area (Å²) in [5.41, 5.74) is -1.03. The zero-order valence-corrected chi connectivity index (χ0v) is 30.9. The number of nitriles is 1. The van der Waals surface area contributed by atoms with Gasteiger partial charge in [0.05, 0.1) is 43.5 Å². The molecular weight excluding hydrogens is 718 g/mol. The molecule has 16 nitrogen and oxygen atoms in total. The fraction of sp³-hybridized carbons (Fsp3) is 0.529. The number of hydrogen-bond acceptors (Lipinski definition) is 11. The average Bonchev–Trinajstić information content (AvgIpc) is 3.70. The highest BCUT2D eigenvalue weighted by atomic mass is 31.2. The number of likely N-dealkylation sites (tertiary alicyclic amines) is 2. The van der Waals surface area contributed by atoms with E-state index in [1.807, 2.05) is 0 Å². The summed E-state index contributed by atoms with van der Waals surface area (Å²) < 4.78 is 60.8. The molecule has 278 valence electrons. The fourth-order valence-corrected chi connectivity index (χ4v) is 9.30. The Balaban J connectivity index is 1.15. The number of rotatable bonds is 11. The molecule has 4 aliphatic rings. The Hall–Kier alpha value is -3.82. The maximum atomic E-state index is 13.4. The molecule has 52 heavy (non-hydrogen) atoms. The van der Waals surface area contributed by atoms with Gasteiger partial charge in [-0.05, 0) is 70.9 Å². The predicted molar refractivity (Wildman–Crippen MR) is 182 cm³/mol. The van der Waals surface area contributed by atoms with E-state index < -0.39 is 64.4 Å². The zero-order chi connectivity index (χ0) is 37.6. The molecule has 18 heteroatoms. The van der Waals surface area contributed by atoms with E-state index in [0.29, 0.717) is 54.1 Å². The molecule has 0 spiro atoms. The van der Waals surface area contributed by atoms with E-state index in [2.05, 4.69) is 10.9 Å². The summed E-state index contributed by atoms with van der Waals surface area (Å²) in [6.07, 6.45) is -0.761. The number of phosphoric acid groups is 2. The van der Waals surface area contributed by atoms with Crippen molar-refractivity contribution in [2.24, 2.45) is 0 Å². The van der Waals surface area contributed by atoms with Gasteiger partial charge in [-0.3, -0.25) is 27.7 Å². The van der Waals surface area contributed by atoms with E-state index in [0.717, 1.165) is 0 Å². The molecule has 6 rings (SSSR count). The molecule has 2 amide bonds. The van der Waals surface area contributed by atoms with Crippen molar-refractivity contribution >= 4 is 33.1 Å². The van der Waals surface area contributed by atoms with Crippen molar-refractivity contribution in [2.45, 2.75) is 88.9 Å². The van der Waals surface area contributed by atoms with Crippen LogP contribution in [0.1, 0.15) is 82.2 Å². The van der Waals surface area contributed by atoms with Crippen molar-refractivity contribution in [3.8, 4) is 17.6 Å². The third kappa shape index (κ3) is 7.63. The number of fused-ring (bicyclic) bond motifs is 2. The third-order valence-corrected chi connectivity index (χ3v) is 11.6. The molecular formula is C34H40N4O12P2. The third-order valence-electron chi connectivity index (χ3n) is 9.57. The highest BCUT2D eigenvalue weighted by Crippen LogP contribution is 2.56. The van der Waals surface area contributed by atoms with Crippen LogP contribution in [-0.4, -0.2) is 81.1 Å². The minimum Gasteiger partial charge on any atom is -0.485 e. The molecule has 0 aliphatic carbocycles. The number of nitrogens with zero attached hydrogens (tertiary/aromatic N) is 4. The standard InChI is InChI=1S/C34H40N4O12P2/c1-33(2)31(29(37-14-6-8-27(37)39)23-18-21(20-35)10-12-25(23)47-33)49-51(41,42)45-16-17-46-52(43,44)50-32-30(38-15-7-9-28(38)40)24-19-22(36-5)11-13-26(24)48-34(32,3)4/h10-13,18-19,29-32H,6-9,14-17H2,1-4H3,(H,41,42)(H,43,44). The van der Waals surface area contributed by atoms with E-state index in [1.54, 1.807) is 69.0 Å². The molecule has 2 aromatic carbocycles. The highest BCUT2D eigenvalue weighted by molar-refractivity contribution is 7.47. The fourth-order valence-electron chi connectivity index (χ4n) is 7.25. The lowest BCUT2D eigenvalue weighted by Gasteiger charge is -2.47. The van der Waals surface area contributed by atoms with Crippen LogP contribution in [0.4, 0.5) is 5.69 Å². The van der Waals surface area contributed by atoms with Crippen LogP contribution in [0.5, 0.6) is 11.5 Å². The first-order valence-corrected chi connectivity index (χ1v) is 19.8.